The van der Waals surface area contributed by atoms with Crippen molar-refractivity contribution in [3.8, 4) is 29.1 Å². The van der Waals surface area contributed by atoms with Crippen LogP contribution in [-0.2, 0) is 79.7 Å². The normalized spacial score (nSPS) is 10.9. The quantitative estimate of drug-likeness (QED) is 0.0230. The van der Waals surface area contributed by atoms with Crippen molar-refractivity contribution in [2.75, 3.05) is 6.54 Å². The SMILES string of the molecule is CC#Cc1cnc2c(=O)[nH]c(C(=O)NCc3ccc(C)cc3)c(O)c2c1.CCCc1cnc2c(=O)[nH]c(C(=O)NCc3ccc(C)cc3)c(O)c2c1.Cc1ccc(CNC(=O)CN2C(=O)c3cc(Br)cnc3C2=O)cc1.Cc1ccc(CNC(=O)c2[nH]c(=O)c3ncc(Br)cc3c2O)cc1.O=[C-]c1cc(Br)cnc1[C-]=O.[Y]. The third-order valence-corrected chi connectivity index (χ3v) is 17.8. The van der Waals surface area contributed by atoms with Crippen molar-refractivity contribution in [3.05, 3.63) is 298 Å². The zero-order valence-corrected chi connectivity index (χ0v) is 68.3. The molecule has 112 heavy (non-hydrogen) atoms. The summed E-state index contributed by atoms with van der Waals surface area (Å²) in [5, 5.41) is 42.8. The fourth-order valence-corrected chi connectivity index (χ4v) is 11.6. The number of benzene rings is 4. The summed E-state index contributed by atoms with van der Waals surface area (Å²) in [6.45, 7) is 12.5. The molecule has 567 valence electrons. The first-order valence-corrected chi connectivity index (χ1v) is 36.1. The van der Waals surface area contributed by atoms with E-state index < -0.39 is 52.1 Å². The second kappa shape index (κ2) is 40.2. The van der Waals surface area contributed by atoms with Gasteiger partial charge in [-0.15, -0.1) is 5.92 Å². The molecular weight excluding hydrogens is 1710 g/mol. The van der Waals surface area contributed by atoms with Gasteiger partial charge < -0.3 is 66.1 Å². The minimum atomic E-state index is -0.575. The van der Waals surface area contributed by atoms with E-state index in [1.807, 2.05) is 132 Å². The summed E-state index contributed by atoms with van der Waals surface area (Å²) in [5.74, 6) is 1.52. The Morgan fingerprint density at radius 3 is 1.29 bits per heavy atom. The Bertz CT molecular complexity index is 5840. The molecule has 8 aromatic heterocycles. The van der Waals surface area contributed by atoms with Crippen molar-refractivity contribution in [2.24, 2.45) is 0 Å². The maximum Gasteiger partial charge on any atom is 0.280 e. The van der Waals surface area contributed by atoms with Gasteiger partial charge in [0.25, 0.3) is 46.2 Å². The van der Waals surface area contributed by atoms with Crippen molar-refractivity contribution in [1.82, 2.24) is 66.0 Å². The summed E-state index contributed by atoms with van der Waals surface area (Å²) in [7, 11) is 0. The number of rotatable bonds is 17. The van der Waals surface area contributed by atoms with Gasteiger partial charge in [0.1, 0.15) is 45.9 Å². The van der Waals surface area contributed by atoms with Crippen LogP contribution in [0.4, 0.5) is 0 Å². The molecule has 4 aromatic carbocycles. The van der Waals surface area contributed by atoms with E-state index in [0.29, 0.717) is 37.5 Å². The molecule has 1 aliphatic heterocycles. The Balaban J connectivity index is 0.000000179. The molecule has 12 aromatic rings. The predicted molar refractivity (Wildman–Crippen MR) is 425 cm³/mol. The Morgan fingerprint density at radius 2 is 0.857 bits per heavy atom. The Kier molecular flexibility index (Phi) is 30.8. The van der Waals surface area contributed by atoms with Crippen LogP contribution in [0.1, 0.15) is 139 Å². The number of carbonyl (C=O) groups is 6. The van der Waals surface area contributed by atoms with Crippen LogP contribution in [0.25, 0.3) is 32.7 Å². The van der Waals surface area contributed by atoms with E-state index in [1.54, 1.807) is 37.6 Å². The number of carbonyl (C=O) groups excluding carboxylic acids is 8. The first-order valence-electron chi connectivity index (χ1n) is 33.8. The topological polar surface area (TPSA) is 412 Å². The Hall–Kier alpha value is -11.9. The molecule has 0 aliphatic carbocycles. The van der Waals surface area contributed by atoms with Gasteiger partial charge in [-0.25, -0.2) is 21.0 Å². The van der Waals surface area contributed by atoms with E-state index in [-0.39, 0.29) is 137 Å². The van der Waals surface area contributed by atoms with Gasteiger partial charge in [0.2, 0.25) is 5.91 Å². The minimum Gasteiger partial charge on any atom is -0.505 e. The molecule has 13 rings (SSSR count). The molecule has 0 unspecified atom stereocenters. The maximum atomic E-state index is 12.5. The molecule has 0 fully saturated rings. The van der Waals surface area contributed by atoms with Gasteiger partial charge >= 0.3 is 0 Å². The fraction of sp³-hybridized carbons (Fsp3) is 0.160. The molecule has 31 heteroatoms. The molecule has 0 bridgehead atoms. The number of fused-ring (bicyclic) bond motifs is 4. The van der Waals surface area contributed by atoms with Crippen LogP contribution in [0.15, 0.2) is 186 Å². The number of H-pyrrole nitrogens is 3. The number of amides is 6. The molecular formula is C81H68Br3N13O14Y-2. The van der Waals surface area contributed by atoms with Crippen molar-refractivity contribution in [3.63, 3.8) is 0 Å². The van der Waals surface area contributed by atoms with Crippen LogP contribution in [-0.4, -0.2) is 115 Å². The number of aryl methyl sites for hydroxylation is 5. The van der Waals surface area contributed by atoms with Crippen LogP contribution in [0, 0.1) is 39.5 Å². The van der Waals surface area contributed by atoms with Gasteiger partial charge in [-0.2, -0.15) is 5.69 Å². The second-order valence-electron chi connectivity index (χ2n) is 24.8. The molecule has 6 amide bonds. The number of hydrogen-bond acceptors (Lipinski definition) is 19. The maximum absolute atomic E-state index is 12.5. The van der Waals surface area contributed by atoms with Crippen LogP contribution in [0.2, 0.25) is 0 Å². The number of hydrogen-bond donors (Lipinski definition) is 10. The number of nitrogens with zero attached hydrogens (tertiary/aromatic N) is 6. The zero-order valence-electron chi connectivity index (χ0n) is 60.7. The summed E-state index contributed by atoms with van der Waals surface area (Å²) >= 11 is 9.54. The van der Waals surface area contributed by atoms with Crippen LogP contribution >= 0.6 is 47.8 Å². The molecule has 1 radical (unpaired) electrons. The van der Waals surface area contributed by atoms with E-state index in [0.717, 1.165) is 67.8 Å². The van der Waals surface area contributed by atoms with Crippen LogP contribution in [0.3, 0.4) is 0 Å². The first-order chi connectivity index (χ1) is 53.2. The number of aromatic amines is 3. The van der Waals surface area contributed by atoms with Crippen LogP contribution < -0.4 is 37.9 Å². The van der Waals surface area contributed by atoms with Gasteiger partial charge in [0, 0.05) is 104 Å². The summed E-state index contributed by atoms with van der Waals surface area (Å²) in [4.78, 5) is 158. The van der Waals surface area contributed by atoms with Gasteiger partial charge in [-0.1, -0.05) is 161 Å². The average Bonchev–Trinajstić information content (AvgIpc) is 0.873. The summed E-state index contributed by atoms with van der Waals surface area (Å²) < 4.78 is 1.84. The van der Waals surface area contributed by atoms with E-state index in [4.69, 9.17) is 0 Å². The Morgan fingerprint density at radius 1 is 0.473 bits per heavy atom. The molecule has 0 spiro atoms. The van der Waals surface area contributed by atoms with E-state index in [2.05, 4.69) is 121 Å². The number of aromatic hydroxyl groups is 3. The third kappa shape index (κ3) is 22.4. The third-order valence-electron chi connectivity index (χ3n) is 16.5. The molecule has 1 aliphatic rings. The first kappa shape index (κ1) is 85.7. The number of pyridine rings is 8. The van der Waals surface area contributed by atoms with E-state index in [1.165, 1.54) is 43.2 Å². The number of halogens is 3. The van der Waals surface area contributed by atoms with Crippen LogP contribution in [0.5, 0.6) is 17.2 Å². The summed E-state index contributed by atoms with van der Waals surface area (Å²) in [5.41, 5.74) is 8.22. The molecule has 0 saturated carbocycles. The van der Waals surface area contributed by atoms with E-state index >= 15 is 0 Å². The summed E-state index contributed by atoms with van der Waals surface area (Å²) in [6, 6.07) is 38.7. The fourth-order valence-electron chi connectivity index (χ4n) is 10.6. The molecule has 10 N–H and O–H groups in total. The second-order valence-corrected chi connectivity index (χ2v) is 27.6. The Labute approximate surface area is 689 Å². The predicted octanol–water partition coefficient (Wildman–Crippen LogP) is 10.5. The molecule has 0 saturated heterocycles. The largest absolute Gasteiger partial charge is 0.505 e. The van der Waals surface area contributed by atoms with Crippen molar-refractivity contribution < 1.29 is 86.4 Å². The number of aromatic nitrogens is 8. The number of nitrogens with one attached hydrogen (secondary N) is 7. The van der Waals surface area contributed by atoms with Gasteiger partial charge in [0.15, 0.2) is 17.2 Å². The molecule has 0 atom stereocenters. The average molecular weight is 1780 g/mol. The molecule has 27 nitrogen and oxygen atoms in total. The van der Waals surface area contributed by atoms with E-state index in [9.17, 15) is 68.1 Å². The standard InChI is InChI=1S/C20H21N3O3.C20H17N3O3.2C17H14BrN3O3.C7H2BrNO2.Y/c2*1-3-4-14-9-15-16(21-11-14)20(26)23-17(18(15)24)19(25)22-10-13-7-5-12(2)6-8-13;1-10-2-4-11(5-3-10)7-19-14(22)9-21-16(23)13-6-12(18)8-20-15(13)17(21)24;1-9-2-4-10(5-3-9)7-20-16(23)14-15(22)12-6-11(18)8-19-13(12)17(24)21-14;8-6-1-5(3-10)7(4-11)9-2-6;/h5-9,11,24H,3-4,10H2,1-2H3,(H,22,25)(H,23,26);5-9,11,24H,10H2,1-2H3,(H,22,25)(H,23,26);2-6,8H,7,9H2,1H3,(H,19,22);2-6,8,22H,7H2,1H3,(H,20,23)(H,21,24);1-2H;/q;;;;-2;. The monoisotopic (exact) mass is 1770 g/mol. The number of imide groups is 1. The van der Waals surface area contributed by atoms with Gasteiger partial charge in [0.05, 0.1) is 21.7 Å². The van der Waals surface area contributed by atoms with Crippen molar-refractivity contribution >= 4 is 129 Å². The minimum absolute atomic E-state index is 0. The van der Waals surface area contributed by atoms with Gasteiger partial charge in [-0.05, 0) is 136 Å². The smallest absolute Gasteiger partial charge is 0.280 e. The zero-order chi connectivity index (χ0) is 80.2. The molecule has 9 heterocycles. The summed E-state index contributed by atoms with van der Waals surface area (Å²) in [6.07, 6.45) is 12.2. The van der Waals surface area contributed by atoms with Gasteiger partial charge in [-0.3, -0.25) is 58.6 Å². The van der Waals surface area contributed by atoms with Crippen molar-refractivity contribution in [2.45, 2.75) is 80.6 Å². The van der Waals surface area contributed by atoms with Crippen molar-refractivity contribution in [1.29, 1.82) is 0 Å².